The molecule has 1 amide bonds. The average molecular weight is 418 g/mol. The summed E-state index contributed by atoms with van der Waals surface area (Å²) >= 11 is 0. The fourth-order valence-corrected chi connectivity index (χ4v) is 3.80. The van der Waals surface area contributed by atoms with Crippen LogP contribution in [0.25, 0.3) is 16.7 Å². The number of rotatable bonds is 6. The molecular weight excluding hydrogens is 395 g/mol. The van der Waals surface area contributed by atoms with Crippen molar-refractivity contribution in [2.45, 2.75) is 26.8 Å². The van der Waals surface area contributed by atoms with Gasteiger partial charge in [0.25, 0.3) is 5.56 Å². The van der Waals surface area contributed by atoms with E-state index in [1.807, 2.05) is 44.2 Å². The molecule has 0 bridgehead atoms. The number of amides is 1. The van der Waals surface area contributed by atoms with E-state index in [2.05, 4.69) is 10.4 Å². The van der Waals surface area contributed by atoms with E-state index in [0.717, 1.165) is 16.5 Å². The van der Waals surface area contributed by atoms with Gasteiger partial charge in [-0.25, -0.2) is 9.07 Å². The maximum Gasteiger partial charge on any atom is 0.252 e. The third-order valence-electron chi connectivity index (χ3n) is 5.23. The number of aromatic nitrogens is 3. The first-order valence-electron chi connectivity index (χ1n) is 10.1. The Hall–Kier alpha value is -3.74. The van der Waals surface area contributed by atoms with Gasteiger partial charge in [-0.15, -0.1) is 0 Å². The highest BCUT2D eigenvalue weighted by Crippen LogP contribution is 2.24. The van der Waals surface area contributed by atoms with Crippen LogP contribution >= 0.6 is 0 Å². The quantitative estimate of drug-likeness (QED) is 0.522. The van der Waals surface area contributed by atoms with Crippen LogP contribution in [0.5, 0.6) is 0 Å². The summed E-state index contributed by atoms with van der Waals surface area (Å²) in [6.07, 6.45) is 0.700. The van der Waals surface area contributed by atoms with Crippen LogP contribution in [0.3, 0.4) is 0 Å². The zero-order valence-electron chi connectivity index (χ0n) is 17.4. The Labute approximate surface area is 178 Å². The van der Waals surface area contributed by atoms with Gasteiger partial charge in [-0.3, -0.25) is 14.2 Å². The number of nitrogens with zero attached hydrogens (tertiary/aromatic N) is 3. The molecule has 7 heteroatoms. The molecule has 2 aromatic carbocycles. The standard InChI is InChI=1S/C24H23FN4O2/c1-16-13-22(31)28(15-21(30)26-12-11-18-7-4-3-5-8-18)24-23(16)17(2)27-29(24)20-10-6-9-19(25)14-20/h3-10,13-14H,11-12,15H2,1-2H3,(H,26,30). The van der Waals surface area contributed by atoms with Gasteiger partial charge in [0.2, 0.25) is 5.91 Å². The van der Waals surface area contributed by atoms with E-state index in [1.54, 1.807) is 12.1 Å². The van der Waals surface area contributed by atoms with Crippen molar-refractivity contribution in [2.75, 3.05) is 6.54 Å². The molecule has 6 nitrogen and oxygen atoms in total. The Balaban J connectivity index is 1.67. The van der Waals surface area contributed by atoms with E-state index >= 15 is 0 Å². The summed E-state index contributed by atoms with van der Waals surface area (Å²) in [5, 5.41) is 8.18. The fraction of sp³-hybridized carbons (Fsp3) is 0.208. The van der Waals surface area contributed by atoms with Gasteiger partial charge in [0.1, 0.15) is 18.0 Å². The molecule has 0 aliphatic rings. The topological polar surface area (TPSA) is 68.9 Å². The van der Waals surface area contributed by atoms with Crippen molar-refractivity contribution in [3.63, 3.8) is 0 Å². The minimum atomic E-state index is -0.404. The first-order valence-corrected chi connectivity index (χ1v) is 10.1. The zero-order chi connectivity index (χ0) is 22.0. The molecule has 0 fully saturated rings. The molecule has 4 aromatic rings. The first-order chi connectivity index (χ1) is 14.9. The minimum absolute atomic E-state index is 0.148. The Morgan fingerprint density at radius 1 is 1.06 bits per heavy atom. The van der Waals surface area contributed by atoms with E-state index in [1.165, 1.54) is 27.4 Å². The second kappa shape index (κ2) is 8.55. The Morgan fingerprint density at radius 3 is 2.58 bits per heavy atom. The number of fused-ring (bicyclic) bond motifs is 1. The van der Waals surface area contributed by atoms with Crippen molar-refractivity contribution < 1.29 is 9.18 Å². The van der Waals surface area contributed by atoms with E-state index in [9.17, 15) is 14.0 Å². The lowest BCUT2D eigenvalue weighted by atomic mass is 10.1. The number of pyridine rings is 1. The van der Waals surface area contributed by atoms with Gasteiger partial charge in [0.05, 0.1) is 11.4 Å². The molecule has 0 radical (unpaired) electrons. The van der Waals surface area contributed by atoms with Gasteiger partial charge in [0.15, 0.2) is 0 Å². The van der Waals surface area contributed by atoms with Gasteiger partial charge >= 0.3 is 0 Å². The monoisotopic (exact) mass is 418 g/mol. The van der Waals surface area contributed by atoms with Crippen LogP contribution in [0.1, 0.15) is 16.8 Å². The van der Waals surface area contributed by atoms with Crippen molar-refractivity contribution >= 4 is 16.9 Å². The summed E-state index contributed by atoms with van der Waals surface area (Å²) < 4.78 is 16.8. The zero-order valence-corrected chi connectivity index (χ0v) is 17.4. The fourth-order valence-electron chi connectivity index (χ4n) is 3.80. The average Bonchev–Trinajstić information content (AvgIpc) is 3.09. The first kappa shape index (κ1) is 20.5. The van der Waals surface area contributed by atoms with Crippen molar-refractivity contribution in [1.29, 1.82) is 0 Å². The number of nitrogens with one attached hydrogen (secondary N) is 1. The van der Waals surface area contributed by atoms with Crippen LogP contribution in [0, 0.1) is 19.7 Å². The summed E-state index contributed by atoms with van der Waals surface area (Å²) in [5.41, 5.74) is 3.25. The summed E-state index contributed by atoms with van der Waals surface area (Å²) in [7, 11) is 0. The molecule has 2 aromatic heterocycles. The smallest absolute Gasteiger partial charge is 0.252 e. The Kier molecular flexibility index (Phi) is 5.66. The molecule has 0 unspecified atom stereocenters. The van der Waals surface area contributed by atoms with Gasteiger partial charge in [-0.05, 0) is 49.6 Å². The molecular formula is C24H23FN4O2. The van der Waals surface area contributed by atoms with Crippen molar-refractivity contribution in [1.82, 2.24) is 19.7 Å². The van der Waals surface area contributed by atoms with Crippen LogP contribution in [-0.4, -0.2) is 26.8 Å². The molecule has 4 rings (SSSR count). The molecule has 0 aliphatic heterocycles. The molecule has 0 saturated heterocycles. The van der Waals surface area contributed by atoms with Gasteiger partial charge < -0.3 is 5.32 Å². The van der Waals surface area contributed by atoms with Crippen LogP contribution in [-0.2, 0) is 17.8 Å². The van der Waals surface area contributed by atoms with Crippen molar-refractivity contribution in [2.24, 2.45) is 0 Å². The number of aryl methyl sites for hydroxylation is 2. The molecule has 31 heavy (non-hydrogen) atoms. The maximum absolute atomic E-state index is 13.8. The highest BCUT2D eigenvalue weighted by Gasteiger charge is 2.18. The van der Waals surface area contributed by atoms with Gasteiger partial charge in [0, 0.05) is 18.0 Å². The van der Waals surface area contributed by atoms with E-state index in [-0.39, 0.29) is 18.0 Å². The van der Waals surface area contributed by atoms with E-state index < -0.39 is 5.82 Å². The van der Waals surface area contributed by atoms with E-state index in [0.29, 0.717) is 30.0 Å². The molecule has 2 heterocycles. The van der Waals surface area contributed by atoms with Crippen molar-refractivity contribution in [3.05, 3.63) is 93.7 Å². The summed E-state index contributed by atoms with van der Waals surface area (Å²) in [6.45, 7) is 3.98. The Bertz CT molecular complexity index is 1310. The number of halogens is 1. The minimum Gasteiger partial charge on any atom is -0.354 e. The maximum atomic E-state index is 13.8. The SMILES string of the molecule is Cc1cc(=O)n(CC(=O)NCCc2ccccc2)c2c1c(C)nn2-c1cccc(F)c1. The predicted octanol–water partition coefficient (Wildman–Crippen LogP) is 3.30. The summed E-state index contributed by atoms with van der Waals surface area (Å²) in [4.78, 5) is 25.4. The third-order valence-corrected chi connectivity index (χ3v) is 5.23. The second-order valence-electron chi connectivity index (χ2n) is 7.51. The summed E-state index contributed by atoms with van der Waals surface area (Å²) in [6, 6.07) is 17.4. The number of benzene rings is 2. The lowest BCUT2D eigenvalue weighted by Crippen LogP contribution is -2.34. The lowest BCUT2D eigenvalue weighted by molar-refractivity contribution is -0.121. The predicted molar refractivity (Wildman–Crippen MR) is 118 cm³/mol. The molecule has 0 aliphatic carbocycles. The molecule has 1 N–H and O–H groups in total. The van der Waals surface area contributed by atoms with Crippen LogP contribution in [0.2, 0.25) is 0 Å². The largest absolute Gasteiger partial charge is 0.354 e. The van der Waals surface area contributed by atoms with Gasteiger partial charge in [-0.1, -0.05) is 36.4 Å². The second-order valence-corrected chi connectivity index (χ2v) is 7.51. The van der Waals surface area contributed by atoms with Gasteiger partial charge in [-0.2, -0.15) is 5.10 Å². The number of hydrogen-bond donors (Lipinski definition) is 1. The third kappa shape index (κ3) is 4.26. The Morgan fingerprint density at radius 2 is 1.84 bits per heavy atom. The molecule has 0 atom stereocenters. The number of carbonyl (C=O) groups is 1. The molecule has 0 saturated carbocycles. The molecule has 0 spiro atoms. The molecule has 158 valence electrons. The van der Waals surface area contributed by atoms with Crippen LogP contribution in [0.4, 0.5) is 4.39 Å². The normalized spacial score (nSPS) is 11.1. The van der Waals surface area contributed by atoms with Crippen LogP contribution < -0.4 is 10.9 Å². The number of carbonyl (C=O) groups excluding carboxylic acids is 1. The number of hydrogen-bond acceptors (Lipinski definition) is 3. The highest BCUT2D eigenvalue weighted by atomic mass is 19.1. The summed E-state index contributed by atoms with van der Waals surface area (Å²) in [5.74, 6) is -0.674. The van der Waals surface area contributed by atoms with Crippen LogP contribution in [0.15, 0.2) is 65.5 Å². The highest BCUT2D eigenvalue weighted by molar-refractivity contribution is 5.85. The van der Waals surface area contributed by atoms with E-state index in [4.69, 9.17) is 0 Å². The lowest BCUT2D eigenvalue weighted by Gasteiger charge is -2.12. The van der Waals surface area contributed by atoms with Crippen molar-refractivity contribution in [3.8, 4) is 5.69 Å².